The monoisotopic (exact) mass is 336 g/mol. The lowest BCUT2D eigenvalue weighted by Crippen LogP contribution is -2.36. The molecule has 0 aliphatic carbocycles. The molecule has 1 aliphatic heterocycles. The number of hydrogen-bond acceptors (Lipinski definition) is 4. The lowest BCUT2D eigenvalue weighted by Gasteiger charge is -2.27. The highest BCUT2D eigenvalue weighted by Crippen LogP contribution is 2.25. The molecule has 6 heteroatoms. The van der Waals surface area contributed by atoms with Gasteiger partial charge < -0.3 is 9.42 Å². The zero-order valence-electron chi connectivity index (χ0n) is 14.4. The standard InChI is InChI=1S/C19H20N4O2/c1-12-18(13(2)25-22-12)19(24)23-9-8-16-15(11-23)17(21-20-16)10-14-6-4-3-5-7-14/h3-7H,8-11H2,1-2H3,(H,20,21). The first-order valence-corrected chi connectivity index (χ1v) is 8.44. The van der Waals surface area contributed by atoms with Crippen LogP contribution in [0.1, 0.15) is 44.3 Å². The fourth-order valence-corrected chi connectivity index (χ4v) is 3.41. The van der Waals surface area contributed by atoms with E-state index in [-0.39, 0.29) is 5.91 Å². The van der Waals surface area contributed by atoms with Gasteiger partial charge in [0, 0.05) is 37.2 Å². The van der Waals surface area contributed by atoms with Crippen LogP contribution in [0.15, 0.2) is 34.9 Å². The van der Waals surface area contributed by atoms with Crippen molar-refractivity contribution in [2.24, 2.45) is 0 Å². The van der Waals surface area contributed by atoms with Crippen LogP contribution in [0.4, 0.5) is 0 Å². The Hall–Kier alpha value is -2.89. The number of benzene rings is 1. The molecule has 0 spiro atoms. The predicted molar refractivity (Wildman–Crippen MR) is 92.3 cm³/mol. The summed E-state index contributed by atoms with van der Waals surface area (Å²) < 4.78 is 5.15. The summed E-state index contributed by atoms with van der Waals surface area (Å²) in [5.74, 6) is 0.554. The Bertz CT molecular complexity index is 891. The number of aromatic amines is 1. The van der Waals surface area contributed by atoms with Crippen molar-refractivity contribution in [1.29, 1.82) is 0 Å². The molecule has 4 rings (SSSR count). The van der Waals surface area contributed by atoms with Gasteiger partial charge in [0.25, 0.3) is 5.91 Å². The topological polar surface area (TPSA) is 75.0 Å². The molecule has 0 saturated carbocycles. The van der Waals surface area contributed by atoms with E-state index in [9.17, 15) is 4.79 Å². The molecule has 1 N–H and O–H groups in total. The fraction of sp³-hybridized carbons (Fsp3) is 0.316. The Kier molecular flexibility index (Phi) is 3.87. The first-order valence-electron chi connectivity index (χ1n) is 8.44. The summed E-state index contributed by atoms with van der Waals surface area (Å²) in [6.07, 6.45) is 1.55. The molecular weight excluding hydrogens is 316 g/mol. The van der Waals surface area contributed by atoms with Gasteiger partial charge >= 0.3 is 0 Å². The third-order valence-electron chi connectivity index (χ3n) is 4.77. The van der Waals surface area contributed by atoms with Crippen LogP contribution in [0.25, 0.3) is 0 Å². The molecule has 25 heavy (non-hydrogen) atoms. The SMILES string of the molecule is Cc1noc(C)c1C(=O)N1CCc2[nH]nc(Cc3ccccc3)c2C1. The number of nitrogens with zero attached hydrogens (tertiary/aromatic N) is 3. The maximum absolute atomic E-state index is 12.9. The number of aryl methyl sites for hydroxylation is 2. The minimum Gasteiger partial charge on any atom is -0.361 e. The Morgan fingerprint density at radius 2 is 2.08 bits per heavy atom. The molecule has 2 aromatic heterocycles. The minimum atomic E-state index is -0.0197. The van der Waals surface area contributed by atoms with Gasteiger partial charge in [-0.25, -0.2) is 0 Å². The number of rotatable bonds is 3. The molecule has 0 unspecified atom stereocenters. The van der Waals surface area contributed by atoms with Crippen molar-refractivity contribution in [2.75, 3.05) is 6.54 Å². The number of H-pyrrole nitrogens is 1. The Balaban J connectivity index is 1.58. The molecule has 1 amide bonds. The number of amides is 1. The third-order valence-corrected chi connectivity index (χ3v) is 4.77. The second kappa shape index (κ2) is 6.20. The van der Waals surface area contributed by atoms with Crippen molar-refractivity contribution in [3.8, 4) is 0 Å². The molecular formula is C19H20N4O2. The van der Waals surface area contributed by atoms with E-state index in [1.807, 2.05) is 23.1 Å². The average molecular weight is 336 g/mol. The van der Waals surface area contributed by atoms with Crippen LogP contribution in [0.2, 0.25) is 0 Å². The maximum atomic E-state index is 12.9. The second-order valence-corrected chi connectivity index (χ2v) is 6.47. The Labute approximate surface area is 145 Å². The van der Waals surface area contributed by atoms with Gasteiger partial charge in [0.05, 0.1) is 11.4 Å². The second-order valence-electron chi connectivity index (χ2n) is 6.47. The van der Waals surface area contributed by atoms with E-state index in [1.54, 1.807) is 13.8 Å². The molecule has 1 aliphatic rings. The molecule has 6 nitrogen and oxygen atoms in total. The number of nitrogens with one attached hydrogen (secondary N) is 1. The zero-order valence-corrected chi connectivity index (χ0v) is 14.4. The van der Waals surface area contributed by atoms with Gasteiger partial charge in [-0.2, -0.15) is 5.10 Å². The summed E-state index contributed by atoms with van der Waals surface area (Å²) in [5.41, 5.74) is 5.72. The van der Waals surface area contributed by atoms with E-state index in [1.165, 1.54) is 5.56 Å². The Morgan fingerprint density at radius 3 is 2.80 bits per heavy atom. The minimum absolute atomic E-state index is 0.0197. The third kappa shape index (κ3) is 2.84. The summed E-state index contributed by atoms with van der Waals surface area (Å²) in [7, 11) is 0. The normalized spacial score (nSPS) is 13.8. The van der Waals surface area contributed by atoms with Crippen LogP contribution < -0.4 is 0 Å². The molecule has 0 saturated heterocycles. The lowest BCUT2D eigenvalue weighted by molar-refractivity contribution is 0.0731. The van der Waals surface area contributed by atoms with Gasteiger partial charge in [-0.05, 0) is 19.4 Å². The van der Waals surface area contributed by atoms with E-state index in [0.717, 1.165) is 29.8 Å². The highest BCUT2D eigenvalue weighted by atomic mass is 16.5. The van der Waals surface area contributed by atoms with Crippen LogP contribution in [0.3, 0.4) is 0 Å². The van der Waals surface area contributed by atoms with E-state index in [4.69, 9.17) is 4.52 Å². The average Bonchev–Trinajstić information content (AvgIpc) is 3.18. The molecule has 3 heterocycles. The molecule has 0 atom stereocenters. The molecule has 0 fully saturated rings. The van der Waals surface area contributed by atoms with E-state index in [2.05, 4.69) is 27.5 Å². The van der Waals surface area contributed by atoms with Gasteiger partial charge in [0.2, 0.25) is 0 Å². The summed E-state index contributed by atoms with van der Waals surface area (Å²) >= 11 is 0. The van der Waals surface area contributed by atoms with Gasteiger partial charge in [0.15, 0.2) is 0 Å². The largest absolute Gasteiger partial charge is 0.361 e. The first-order chi connectivity index (χ1) is 12.1. The highest BCUT2D eigenvalue weighted by molar-refractivity contribution is 5.96. The van der Waals surface area contributed by atoms with E-state index in [0.29, 0.717) is 30.1 Å². The van der Waals surface area contributed by atoms with Gasteiger partial charge in [-0.3, -0.25) is 9.89 Å². The number of fused-ring (bicyclic) bond motifs is 1. The molecule has 1 aromatic carbocycles. The first kappa shape index (κ1) is 15.6. The molecule has 0 radical (unpaired) electrons. The van der Waals surface area contributed by atoms with Gasteiger partial charge in [0.1, 0.15) is 11.3 Å². The van der Waals surface area contributed by atoms with Crippen molar-refractivity contribution in [3.05, 3.63) is 69.9 Å². The number of aromatic nitrogens is 3. The van der Waals surface area contributed by atoms with Crippen LogP contribution in [0, 0.1) is 13.8 Å². The lowest BCUT2D eigenvalue weighted by atomic mass is 10.00. The van der Waals surface area contributed by atoms with E-state index < -0.39 is 0 Å². The van der Waals surface area contributed by atoms with Crippen molar-refractivity contribution < 1.29 is 9.32 Å². The van der Waals surface area contributed by atoms with Gasteiger partial charge in [-0.1, -0.05) is 35.5 Å². The fourth-order valence-electron chi connectivity index (χ4n) is 3.41. The van der Waals surface area contributed by atoms with Crippen molar-refractivity contribution >= 4 is 5.91 Å². The Morgan fingerprint density at radius 1 is 1.28 bits per heavy atom. The summed E-state index contributed by atoms with van der Waals surface area (Å²) in [4.78, 5) is 14.8. The maximum Gasteiger partial charge on any atom is 0.259 e. The van der Waals surface area contributed by atoms with Crippen molar-refractivity contribution in [3.63, 3.8) is 0 Å². The van der Waals surface area contributed by atoms with Gasteiger partial charge in [-0.15, -0.1) is 0 Å². The quantitative estimate of drug-likeness (QED) is 0.798. The smallest absolute Gasteiger partial charge is 0.259 e. The predicted octanol–water partition coefficient (Wildman–Crippen LogP) is 2.80. The number of hydrogen-bond donors (Lipinski definition) is 1. The summed E-state index contributed by atoms with van der Waals surface area (Å²) in [6, 6.07) is 10.3. The summed E-state index contributed by atoms with van der Waals surface area (Å²) in [5, 5.41) is 11.5. The molecule has 128 valence electrons. The van der Waals surface area contributed by atoms with Crippen LogP contribution in [0.5, 0.6) is 0 Å². The number of carbonyl (C=O) groups is 1. The summed E-state index contributed by atoms with van der Waals surface area (Å²) in [6.45, 7) is 4.82. The number of carbonyl (C=O) groups excluding carboxylic acids is 1. The van der Waals surface area contributed by atoms with Crippen LogP contribution >= 0.6 is 0 Å². The van der Waals surface area contributed by atoms with Crippen molar-refractivity contribution in [2.45, 2.75) is 33.2 Å². The zero-order chi connectivity index (χ0) is 17.4. The van der Waals surface area contributed by atoms with Crippen LogP contribution in [-0.2, 0) is 19.4 Å². The molecule has 0 bridgehead atoms. The van der Waals surface area contributed by atoms with Crippen LogP contribution in [-0.4, -0.2) is 32.7 Å². The van der Waals surface area contributed by atoms with E-state index >= 15 is 0 Å². The highest BCUT2D eigenvalue weighted by Gasteiger charge is 2.29. The van der Waals surface area contributed by atoms with Crippen molar-refractivity contribution in [1.82, 2.24) is 20.3 Å². The molecule has 3 aromatic rings.